The molecule has 1 atom stereocenters. The third-order valence-corrected chi connectivity index (χ3v) is 26.8. The summed E-state index contributed by atoms with van der Waals surface area (Å²) < 4.78 is 1.48. The fraction of sp³-hybridized carbons (Fsp3) is 0.333. The summed E-state index contributed by atoms with van der Waals surface area (Å²) in [6.45, 7) is 17.0. The molecule has 2 aromatic rings. The van der Waals surface area contributed by atoms with Crippen LogP contribution < -0.4 is 0 Å². The molecule has 2 aliphatic carbocycles. The molecule has 0 nitrogen and oxygen atoms in total. The molecule has 0 saturated carbocycles. The van der Waals surface area contributed by atoms with Gasteiger partial charge in [-0.15, -0.1) is 0 Å². The summed E-state index contributed by atoms with van der Waals surface area (Å²) in [6.07, 6.45) is 2.69. The van der Waals surface area contributed by atoms with Crippen molar-refractivity contribution in [2.45, 2.75) is 55.0 Å². The average Bonchev–Trinajstić information content (AvgIpc) is 3.16. The van der Waals surface area contributed by atoms with Gasteiger partial charge in [0.25, 0.3) is 0 Å². The van der Waals surface area contributed by atoms with Gasteiger partial charge in [0.2, 0.25) is 0 Å². The second-order valence-electron chi connectivity index (χ2n) is 9.02. The molecule has 0 bridgehead atoms. The molecule has 4 rings (SSSR count). The minimum absolute atomic E-state index is 0.321. The second-order valence-corrected chi connectivity index (χ2v) is 27.0. The Morgan fingerprint density at radius 3 is 2.07 bits per heavy atom. The molecule has 0 aromatic heterocycles. The van der Waals surface area contributed by atoms with Crippen molar-refractivity contribution in [3.8, 4) is 0 Å². The fourth-order valence-electron chi connectivity index (χ4n) is 5.28. The standard InChI is InChI=1S/C16H13.C9H13.C2H6Si.Zr/c1-12-5-4-7-14(11-12)16-10-9-13-6-2-3-8-15(13)16;1-6-5-7(2)9(4)8(6)3;1-3-2;/h2-11H,1H3;5H,1-4H3;1-2H3;. The van der Waals surface area contributed by atoms with Crippen LogP contribution in [0.5, 0.6) is 0 Å². The average molecular weight is 476 g/mol. The number of hydrogen-bond donors (Lipinski definition) is 0. The van der Waals surface area contributed by atoms with Gasteiger partial charge in [-0.25, -0.2) is 0 Å². The van der Waals surface area contributed by atoms with Gasteiger partial charge in [0.05, 0.1) is 0 Å². The molecule has 2 aromatic carbocycles. The first-order chi connectivity index (χ1) is 13.8. The molecular weight excluding hydrogens is 444 g/mol. The van der Waals surface area contributed by atoms with E-state index < -0.39 is 20.4 Å². The zero-order valence-electron chi connectivity index (χ0n) is 18.9. The maximum atomic E-state index is 2.69. The summed E-state index contributed by atoms with van der Waals surface area (Å²) >= 11 is -1.85. The number of benzene rings is 2. The quantitative estimate of drug-likeness (QED) is 0.397. The fourth-order valence-corrected chi connectivity index (χ4v) is 25.8. The molecule has 0 spiro atoms. The molecule has 2 heteroatoms. The van der Waals surface area contributed by atoms with Crippen LogP contribution in [0.2, 0.25) is 16.7 Å². The van der Waals surface area contributed by atoms with Crippen molar-refractivity contribution in [1.82, 2.24) is 0 Å². The van der Waals surface area contributed by atoms with E-state index in [4.69, 9.17) is 0 Å². The summed E-state index contributed by atoms with van der Waals surface area (Å²) in [4.78, 5) is 0. The van der Waals surface area contributed by atoms with E-state index in [-0.39, 0.29) is 5.43 Å². The van der Waals surface area contributed by atoms with Crippen molar-refractivity contribution >= 4 is 11.0 Å². The van der Waals surface area contributed by atoms with Gasteiger partial charge in [-0.3, -0.25) is 0 Å². The van der Waals surface area contributed by atoms with Crippen LogP contribution in [0, 0.1) is 6.92 Å². The van der Waals surface area contributed by atoms with Crippen molar-refractivity contribution < 1.29 is 20.4 Å². The van der Waals surface area contributed by atoms with Gasteiger partial charge >= 0.3 is 185 Å². The van der Waals surface area contributed by atoms with Crippen LogP contribution in [0.1, 0.15) is 53.6 Å². The Balaban J connectivity index is 1.91. The zero-order chi connectivity index (χ0) is 20.9. The first-order valence-corrected chi connectivity index (χ1v) is 19.7. The summed E-state index contributed by atoms with van der Waals surface area (Å²) in [7, 11) is 0. The number of fused-ring (bicyclic) bond motifs is 1. The molecule has 1 unspecified atom stereocenters. The minimum atomic E-state index is -1.85. The van der Waals surface area contributed by atoms with Crippen molar-refractivity contribution in [1.29, 1.82) is 0 Å². The third kappa shape index (κ3) is 3.57. The van der Waals surface area contributed by atoms with E-state index in [0.717, 1.165) is 3.63 Å². The summed E-state index contributed by atoms with van der Waals surface area (Å²) in [6, 6.07) is 18.3. The van der Waals surface area contributed by atoms with Gasteiger partial charge in [0.1, 0.15) is 0 Å². The molecule has 0 N–H and O–H groups in total. The number of allylic oxidation sites excluding steroid dienone is 5. The molecular formula is C27H32SiZr. The Labute approximate surface area is 184 Å². The molecule has 0 heterocycles. The van der Waals surface area contributed by atoms with Crippen molar-refractivity contribution in [2.75, 3.05) is 0 Å². The van der Waals surface area contributed by atoms with Crippen molar-refractivity contribution in [3.05, 3.63) is 99.2 Å². The second kappa shape index (κ2) is 8.12. The first kappa shape index (κ1) is 21.0. The summed E-state index contributed by atoms with van der Waals surface area (Å²) in [5.74, 6) is 0. The van der Waals surface area contributed by atoms with Gasteiger partial charge in [-0.1, -0.05) is 0 Å². The maximum absolute atomic E-state index is 2.69. The van der Waals surface area contributed by atoms with Crippen LogP contribution in [0.4, 0.5) is 0 Å². The van der Waals surface area contributed by atoms with Gasteiger partial charge in [0, 0.05) is 0 Å². The van der Waals surface area contributed by atoms with Crippen molar-refractivity contribution in [3.63, 3.8) is 0 Å². The van der Waals surface area contributed by atoms with Crippen LogP contribution in [0.25, 0.3) is 5.57 Å². The van der Waals surface area contributed by atoms with Crippen LogP contribution in [0.15, 0.2) is 76.9 Å². The van der Waals surface area contributed by atoms with Gasteiger partial charge in [0.15, 0.2) is 0 Å². The molecule has 0 radical (unpaired) electrons. The Kier molecular flexibility index (Phi) is 5.88. The van der Waals surface area contributed by atoms with E-state index >= 15 is 0 Å². The Hall–Kier alpha value is -1.24. The van der Waals surface area contributed by atoms with E-state index in [1.807, 2.05) is 0 Å². The predicted octanol–water partition coefficient (Wildman–Crippen LogP) is 7.83. The Bertz CT molecular complexity index is 1100. The van der Waals surface area contributed by atoms with Gasteiger partial charge in [-0.05, 0) is 0 Å². The topological polar surface area (TPSA) is 0 Å². The first-order valence-electron chi connectivity index (χ1n) is 10.7. The molecule has 0 saturated heterocycles. The number of rotatable bonds is 3. The zero-order valence-corrected chi connectivity index (χ0v) is 22.3. The van der Waals surface area contributed by atoms with Gasteiger partial charge < -0.3 is 0 Å². The van der Waals surface area contributed by atoms with E-state index in [9.17, 15) is 0 Å². The van der Waals surface area contributed by atoms with Crippen LogP contribution in [0.3, 0.4) is 0 Å². The van der Waals surface area contributed by atoms with Crippen LogP contribution in [-0.2, 0) is 20.4 Å². The molecule has 0 fully saturated rings. The number of aryl methyl sites for hydroxylation is 1. The van der Waals surface area contributed by atoms with Crippen molar-refractivity contribution in [2.24, 2.45) is 0 Å². The monoisotopic (exact) mass is 474 g/mol. The normalized spacial score (nSPS) is 19.0. The Morgan fingerprint density at radius 1 is 0.793 bits per heavy atom. The molecule has 2 aliphatic rings. The molecule has 0 aliphatic heterocycles. The predicted molar refractivity (Wildman–Crippen MR) is 125 cm³/mol. The Morgan fingerprint density at radius 2 is 1.45 bits per heavy atom. The SMILES string of the molecule is CC1=C(C)[CH]([Zr]([CH]2C=C(c3cccc(C)c3)c3ccccc32)=[Si](C)C)C(C)=C1C. The van der Waals surface area contributed by atoms with E-state index in [0.29, 0.717) is 3.63 Å². The summed E-state index contributed by atoms with van der Waals surface area (Å²) in [5.41, 5.74) is 13.5. The number of hydrogen-bond acceptors (Lipinski definition) is 0. The van der Waals surface area contributed by atoms with Crippen LogP contribution >= 0.6 is 0 Å². The van der Waals surface area contributed by atoms with Gasteiger partial charge in [-0.2, -0.15) is 0 Å². The molecule has 148 valence electrons. The van der Waals surface area contributed by atoms with E-state index in [2.05, 4.69) is 102 Å². The van der Waals surface area contributed by atoms with E-state index in [1.165, 1.54) is 22.3 Å². The van der Waals surface area contributed by atoms with Crippen LogP contribution in [-0.4, -0.2) is 5.43 Å². The summed E-state index contributed by atoms with van der Waals surface area (Å²) in [5, 5.41) is 0. The third-order valence-electron chi connectivity index (χ3n) is 7.08. The molecule has 0 amide bonds. The van der Waals surface area contributed by atoms with E-state index in [1.54, 1.807) is 27.9 Å². The molecule has 29 heavy (non-hydrogen) atoms.